The first-order valence-corrected chi connectivity index (χ1v) is 9.66. The smallest absolute Gasteiger partial charge is 0.236 e. The fourth-order valence-electron chi connectivity index (χ4n) is 2.52. The molecule has 0 saturated carbocycles. The van der Waals surface area contributed by atoms with E-state index in [2.05, 4.69) is 0 Å². The summed E-state index contributed by atoms with van der Waals surface area (Å²) in [6.45, 7) is 1.24. The maximum Gasteiger partial charge on any atom is 0.236 e. The number of anilines is 1. The van der Waals surface area contributed by atoms with Gasteiger partial charge in [0.05, 0.1) is 24.0 Å². The standard InChI is InChI=1S/C19H20ClNO3S/c1-21(15-6-3-2-4-7-15)18(22)13-25-12-14-10-16(20)19-17(11-14)23-8-5-9-24-19/h2-4,6-7,10-11H,5,8-9,12-13H2,1H3. The second-order valence-electron chi connectivity index (χ2n) is 5.74. The summed E-state index contributed by atoms with van der Waals surface area (Å²) in [7, 11) is 1.79. The van der Waals surface area contributed by atoms with Crippen molar-refractivity contribution in [2.24, 2.45) is 0 Å². The molecule has 0 unspecified atom stereocenters. The van der Waals surface area contributed by atoms with Crippen LogP contribution in [-0.4, -0.2) is 31.9 Å². The molecule has 0 N–H and O–H groups in total. The van der Waals surface area contributed by atoms with Gasteiger partial charge in [0.15, 0.2) is 11.5 Å². The number of thioether (sulfide) groups is 1. The Bertz CT molecular complexity index is 739. The average Bonchev–Trinajstić information content (AvgIpc) is 2.87. The average molecular weight is 378 g/mol. The van der Waals surface area contributed by atoms with Crippen LogP contribution in [0.1, 0.15) is 12.0 Å². The minimum absolute atomic E-state index is 0.0663. The van der Waals surface area contributed by atoms with Gasteiger partial charge in [0, 0.05) is 24.9 Å². The summed E-state index contributed by atoms with van der Waals surface area (Å²) in [5.74, 6) is 2.46. The van der Waals surface area contributed by atoms with Crippen molar-refractivity contribution in [1.82, 2.24) is 0 Å². The molecule has 1 amide bonds. The number of carbonyl (C=O) groups excluding carboxylic acids is 1. The van der Waals surface area contributed by atoms with Gasteiger partial charge >= 0.3 is 0 Å². The van der Waals surface area contributed by atoms with Gasteiger partial charge in [-0.05, 0) is 29.8 Å². The fraction of sp³-hybridized carbons (Fsp3) is 0.316. The molecule has 0 fully saturated rings. The molecule has 0 saturated heterocycles. The molecule has 3 rings (SSSR count). The third-order valence-electron chi connectivity index (χ3n) is 3.87. The first-order chi connectivity index (χ1) is 12.1. The minimum atomic E-state index is 0.0663. The van der Waals surface area contributed by atoms with Gasteiger partial charge in [-0.25, -0.2) is 0 Å². The lowest BCUT2D eigenvalue weighted by atomic mass is 10.2. The lowest BCUT2D eigenvalue weighted by Crippen LogP contribution is -2.27. The number of fused-ring (bicyclic) bond motifs is 1. The van der Waals surface area contributed by atoms with Crippen molar-refractivity contribution >= 4 is 35.0 Å². The Morgan fingerprint density at radius 2 is 1.96 bits per heavy atom. The lowest BCUT2D eigenvalue weighted by molar-refractivity contribution is -0.115. The van der Waals surface area contributed by atoms with Crippen molar-refractivity contribution in [2.45, 2.75) is 12.2 Å². The molecule has 0 aromatic heterocycles. The van der Waals surface area contributed by atoms with E-state index >= 15 is 0 Å². The van der Waals surface area contributed by atoms with Crippen LogP contribution >= 0.6 is 23.4 Å². The SMILES string of the molecule is CN(C(=O)CSCc1cc(Cl)c2c(c1)OCCCO2)c1ccccc1. The van der Waals surface area contributed by atoms with Gasteiger partial charge < -0.3 is 14.4 Å². The van der Waals surface area contributed by atoms with Crippen LogP contribution in [0.15, 0.2) is 42.5 Å². The highest BCUT2D eigenvalue weighted by atomic mass is 35.5. The van der Waals surface area contributed by atoms with E-state index in [9.17, 15) is 4.79 Å². The molecule has 0 radical (unpaired) electrons. The van der Waals surface area contributed by atoms with Gasteiger partial charge in [0.25, 0.3) is 0 Å². The molecule has 1 aliphatic heterocycles. The van der Waals surface area contributed by atoms with Crippen LogP contribution in [0.4, 0.5) is 5.69 Å². The van der Waals surface area contributed by atoms with Crippen LogP contribution in [-0.2, 0) is 10.5 Å². The molecule has 1 heterocycles. The van der Waals surface area contributed by atoms with E-state index in [-0.39, 0.29) is 5.91 Å². The molecular weight excluding hydrogens is 358 g/mol. The number of nitrogens with zero attached hydrogens (tertiary/aromatic N) is 1. The van der Waals surface area contributed by atoms with Gasteiger partial charge in [-0.15, -0.1) is 11.8 Å². The summed E-state index contributed by atoms with van der Waals surface area (Å²) in [5, 5.41) is 0.558. The molecule has 6 heteroatoms. The summed E-state index contributed by atoms with van der Waals surface area (Å²) >= 11 is 7.86. The number of amides is 1. The molecule has 0 atom stereocenters. The zero-order chi connectivity index (χ0) is 17.6. The Hall–Kier alpha value is -1.85. The molecule has 2 aromatic rings. The molecule has 132 valence electrons. The van der Waals surface area contributed by atoms with Crippen LogP contribution in [0, 0.1) is 0 Å². The second-order valence-corrected chi connectivity index (χ2v) is 7.13. The van der Waals surface area contributed by atoms with Crippen LogP contribution in [0.2, 0.25) is 5.02 Å². The quantitative estimate of drug-likeness (QED) is 0.774. The van der Waals surface area contributed by atoms with Crippen LogP contribution < -0.4 is 14.4 Å². The number of hydrogen-bond acceptors (Lipinski definition) is 4. The highest BCUT2D eigenvalue weighted by molar-refractivity contribution is 7.99. The molecule has 0 aliphatic carbocycles. The third kappa shape index (κ3) is 4.61. The molecule has 0 bridgehead atoms. The van der Waals surface area contributed by atoms with E-state index in [1.165, 1.54) is 0 Å². The third-order valence-corrected chi connectivity index (χ3v) is 5.14. The number of hydrogen-bond donors (Lipinski definition) is 0. The van der Waals surface area contributed by atoms with Gasteiger partial charge in [-0.2, -0.15) is 0 Å². The number of carbonyl (C=O) groups is 1. The normalized spacial score (nSPS) is 13.2. The van der Waals surface area contributed by atoms with Crippen LogP contribution in [0.25, 0.3) is 0 Å². The van der Waals surface area contributed by atoms with E-state index in [4.69, 9.17) is 21.1 Å². The predicted octanol–water partition coefficient (Wildman–Crippen LogP) is 4.40. The van der Waals surface area contributed by atoms with Gasteiger partial charge in [-0.1, -0.05) is 29.8 Å². The highest BCUT2D eigenvalue weighted by Gasteiger charge is 2.16. The van der Waals surface area contributed by atoms with Gasteiger partial charge in [0.2, 0.25) is 5.91 Å². The van der Waals surface area contributed by atoms with Gasteiger partial charge in [-0.3, -0.25) is 4.79 Å². The Labute approximate surface area is 157 Å². The highest BCUT2D eigenvalue weighted by Crippen LogP contribution is 2.38. The Balaban J connectivity index is 1.58. The van der Waals surface area contributed by atoms with Crippen molar-refractivity contribution in [3.63, 3.8) is 0 Å². The minimum Gasteiger partial charge on any atom is -0.489 e. The number of ether oxygens (including phenoxy) is 2. The van der Waals surface area contributed by atoms with Crippen molar-refractivity contribution < 1.29 is 14.3 Å². The van der Waals surface area contributed by atoms with E-state index < -0.39 is 0 Å². The first-order valence-electron chi connectivity index (χ1n) is 8.12. The maximum atomic E-state index is 12.3. The molecule has 1 aliphatic rings. The summed E-state index contributed by atoms with van der Waals surface area (Å²) in [4.78, 5) is 14.0. The monoisotopic (exact) mass is 377 g/mol. The van der Waals surface area contributed by atoms with E-state index in [0.717, 1.165) is 17.7 Å². The topological polar surface area (TPSA) is 38.8 Å². The zero-order valence-electron chi connectivity index (χ0n) is 14.0. The van der Waals surface area contributed by atoms with Crippen LogP contribution in [0.5, 0.6) is 11.5 Å². The molecule has 0 spiro atoms. The Kier molecular flexibility index (Phi) is 6.10. The van der Waals surface area contributed by atoms with E-state index in [0.29, 0.717) is 41.2 Å². The fourth-order valence-corrected chi connectivity index (χ4v) is 3.68. The summed E-state index contributed by atoms with van der Waals surface area (Å²) in [6, 6.07) is 13.5. The number of rotatable bonds is 5. The summed E-state index contributed by atoms with van der Waals surface area (Å²) < 4.78 is 11.3. The van der Waals surface area contributed by atoms with Crippen molar-refractivity contribution in [3.8, 4) is 11.5 Å². The van der Waals surface area contributed by atoms with Gasteiger partial charge in [0.1, 0.15) is 0 Å². The molecule has 4 nitrogen and oxygen atoms in total. The van der Waals surface area contributed by atoms with Crippen molar-refractivity contribution in [1.29, 1.82) is 0 Å². The van der Waals surface area contributed by atoms with Crippen molar-refractivity contribution in [2.75, 3.05) is 30.9 Å². The number of halogens is 1. The largest absolute Gasteiger partial charge is 0.489 e. The van der Waals surface area contributed by atoms with E-state index in [1.807, 2.05) is 42.5 Å². The van der Waals surface area contributed by atoms with Crippen molar-refractivity contribution in [3.05, 3.63) is 53.1 Å². The zero-order valence-corrected chi connectivity index (χ0v) is 15.6. The first kappa shape index (κ1) is 18.0. The lowest BCUT2D eigenvalue weighted by Gasteiger charge is -2.17. The maximum absolute atomic E-state index is 12.3. The summed E-state index contributed by atoms with van der Waals surface area (Å²) in [6.07, 6.45) is 0.843. The van der Waals surface area contributed by atoms with E-state index in [1.54, 1.807) is 23.7 Å². The number of benzene rings is 2. The molecule has 2 aromatic carbocycles. The summed E-state index contributed by atoms with van der Waals surface area (Å²) in [5.41, 5.74) is 1.92. The Morgan fingerprint density at radius 3 is 2.76 bits per heavy atom. The number of para-hydroxylation sites is 1. The second kappa shape index (κ2) is 8.50. The predicted molar refractivity (Wildman–Crippen MR) is 103 cm³/mol. The molecule has 25 heavy (non-hydrogen) atoms. The molecular formula is C19H20ClNO3S. The van der Waals surface area contributed by atoms with Crippen LogP contribution in [0.3, 0.4) is 0 Å². The Morgan fingerprint density at radius 1 is 1.20 bits per heavy atom.